The fourth-order valence-corrected chi connectivity index (χ4v) is 4.48. The van der Waals surface area contributed by atoms with Gasteiger partial charge in [0.25, 0.3) is 0 Å². The molecule has 1 N–H and O–H groups in total. The number of hydrogen-bond donors (Lipinski definition) is 1. The van der Waals surface area contributed by atoms with E-state index in [4.69, 9.17) is 4.99 Å². The molecule has 5 nitrogen and oxygen atoms in total. The minimum Gasteiger partial charge on any atom is -0.357 e. The van der Waals surface area contributed by atoms with Gasteiger partial charge in [-0.05, 0) is 32.4 Å². The Morgan fingerprint density at radius 1 is 1.35 bits per heavy atom. The smallest absolute Gasteiger partial charge is 0.194 e. The lowest BCUT2D eigenvalue weighted by atomic mass is 9.84. The van der Waals surface area contributed by atoms with Gasteiger partial charge in [-0.15, -0.1) is 0 Å². The maximum Gasteiger partial charge on any atom is 0.194 e. The van der Waals surface area contributed by atoms with E-state index < -0.39 is 20.0 Å². The average molecular weight is 384 g/mol. The number of nitrogens with zero attached hydrogens (tertiary/aromatic N) is 2. The summed E-state index contributed by atoms with van der Waals surface area (Å²) < 4.78 is 37.8. The third kappa shape index (κ3) is 4.37. The average Bonchev–Trinajstić information content (AvgIpc) is 2.54. The highest BCUT2D eigenvalue weighted by molar-refractivity contribution is 7.92. The Kier molecular flexibility index (Phi) is 6.00. The van der Waals surface area contributed by atoms with Crippen molar-refractivity contribution in [2.75, 3.05) is 31.9 Å². The molecule has 146 valence electrons. The number of sulfone groups is 1. The molecule has 1 aromatic rings. The van der Waals surface area contributed by atoms with Crippen LogP contribution in [0, 0.1) is 5.82 Å². The minimum atomic E-state index is -3.11. The van der Waals surface area contributed by atoms with Gasteiger partial charge in [0.2, 0.25) is 0 Å². The van der Waals surface area contributed by atoms with Gasteiger partial charge in [0, 0.05) is 25.0 Å². The van der Waals surface area contributed by atoms with Crippen LogP contribution in [-0.2, 0) is 15.3 Å². The van der Waals surface area contributed by atoms with Gasteiger partial charge < -0.3 is 10.2 Å². The van der Waals surface area contributed by atoms with Gasteiger partial charge in [-0.3, -0.25) is 4.99 Å². The van der Waals surface area contributed by atoms with Crippen LogP contribution in [0.15, 0.2) is 29.3 Å². The molecule has 1 aromatic carbocycles. The van der Waals surface area contributed by atoms with Crippen molar-refractivity contribution in [2.45, 2.75) is 44.8 Å². The molecule has 1 aliphatic heterocycles. The van der Waals surface area contributed by atoms with Crippen molar-refractivity contribution in [3.8, 4) is 0 Å². The van der Waals surface area contributed by atoms with Crippen LogP contribution in [0.5, 0.6) is 0 Å². The number of hydrogen-bond acceptors (Lipinski definition) is 3. The van der Waals surface area contributed by atoms with E-state index in [1.807, 2.05) is 31.7 Å². The van der Waals surface area contributed by atoms with E-state index in [0.29, 0.717) is 37.7 Å². The lowest BCUT2D eigenvalue weighted by molar-refractivity contribution is 0.351. The number of guanidine groups is 1. The van der Waals surface area contributed by atoms with Crippen LogP contribution in [0.4, 0.5) is 4.39 Å². The zero-order valence-corrected chi connectivity index (χ0v) is 17.2. The lowest BCUT2D eigenvalue weighted by Crippen LogP contribution is -2.57. The predicted octanol–water partition coefficient (Wildman–Crippen LogP) is 2.58. The van der Waals surface area contributed by atoms with Gasteiger partial charge in [0.15, 0.2) is 15.8 Å². The summed E-state index contributed by atoms with van der Waals surface area (Å²) in [5, 5.41) is 3.24. The fraction of sp³-hybridized carbons (Fsp3) is 0.632. The summed E-state index contributed by atoms with van der Waals surface area (Å²) in [5.74, 6) is 0.559. The second-order valence-electron chi connectivity index (χ2n) is 8.03. The first-order valence-electron chi connectivity index (χ1n) is 9.01. The molecule has 0 aromatic heterocycles. The zero-order valence-electron chi connectivity index (χ0n) is 16.3. The van der Waals surface area contributed by atoms with Crippen molar-refractivity contribution in [1.82, 2.24) is 10.2 Å². The molecule has 0 atom stereocenters. The summed E-state index contributed by atoms with van der Waals surface area (Å²) >= 11 is 0. The molecule has 0 amide bonds. The van der Waals surface area contributed by atoms with Crippen molar-refractivity contribution in [3.63, 3.8) is 0 Å². The summed E-state index contributed by atoms with van der Waals surface area (Å²) in [6.07, 6.45) is 0. The van der Waals surface area contributed by atoms with E-state index in [1.165, 1.54) is 6.07 Å². The summed E-state index contributed by atoms with van der Waals surface area (Å²) in [7, 11) is -3.11. The van der Waals surface area contributed by atoms with Crippen molar-refractivity contribution in [3.05, 3.63) is 35.6 Å². The molecule has 1 aliphatic rings. The summed E-state index contributed by atoms with van der Waals surface area (Å²) in [6.45, 7) is 11.3. The summed E-state index contributed by atoms with van der Waals surface area (Å²) in [5.41, 5.74) is 0.157. The topological polar surface area (TPSA) is 61.8 Å². The monoisotopic (exact) mass is 383 g/mol. The molecule has 0 radical (unpaired) electrons. The fourth-order valence-electron chi connectivity index (χ4n) is 3.12. The summed E-state index contributed by atoms with van der Waals surface area (Å²) in [6, 6.07) is 6.75. The number of nitrogens with one attached hydrogen (secondary N) is 1. The summed E-state index contributed by atoms with van der Waals surface area (Å²) in [4.78, 5) is 6.70. The van der Waals surface area contributed by atoms with Crippen molar-refractivity contribution in [1.29, 1.82) is 0 Å². The van der Waals surface area contributed by atoms with E-state index in [-0.39, 0.29) is 11.6 Å². The van der Waals surface area contributed by atoms with Crippen LogP contribution in [0.1, 0.15) is 40.2 Å². The van der Waals surface area contributed by atoms with E-state index in [2.05, 4.69) is 5.32 Å². The van der Waals surface area contributed by atoms with Crippen LogP contribution in [0.25, 0.3) is 0 Å². The van der Waals surface area contributed by atoms with Crippen LogP contribution >= 0.6 is 0 Å². The highest BCUT2D eigenvalue weighted by Crippen LogP contribution is 2.27. The van der Waals surface area contributed by atoms with Crippen LogP contribution in [0.3, 0.4) is 0 Å². The largest absolute Gasteiger partial charge is 0.357 e. The third-order valence-electron chi connectivity index (χ3n) is 4.91. The quantitative estimate of drug-likeness (QED) is 0.641. The molecule has 0 bridgehead atoms. The second-order valence-corrected chi connectivity index (χ2v) is 10.8. The molecule has 26 heavy (non-hydrogen) atoms. The Bertz CT molecular complexity index is 773. The van der Waals surface area contributed by atoms with Crippen molar-refractivity contribution in [2.24, 2.45) is 4.99 Å². The number of halogens is 1. The van der Waals surface area contributed by atoms with Crippen LogP contribution in [-0.4, -0.2) is 56.0 Å². The molecule has 0 saturated carbocycles. The Hall–Kier alpha value is -1.63. The standard InChI is InChI=1S/C19H30FN3O2S/c1-6-21-17(23-11-12-26(24,25)19(4,5)14-23)22-13-18(2,3)15-9-7-8-10-16(15)20/h7-10H,6,11-14H2,1-5H3,(H,21,22). The van der Waals surface area contributed by atoms with Gasteiger partial charge in [-0.2, -0.15) is 0 Å². The molecule has 1 fully saturated rings. The maximum atomic E-state index is 14.2. The Morgan fingerprint density at radius 3 is 2.58 bits per heavy atom. The molecule has 2 rings (SSSR count). The lowest BCUT2D eigenvalue weighted by Gasteiger charge is -2.39. The molecule has 0 unspecified atom stereocenters. The molecular formula is C19H30FN3O2S. The van der Waals surface area contributed by atoms with E-state index in [0.717, 1.165) is 0 Å². The van der Waals surface area contributed by atoms with E-state index in [1.54, 1.807) is 26.0 Å². The third-order valence-corrected chi connectivity index (χ3v) is 7.44. The minimum absolute atomic E-state index is 0.112. The van der Waals surface area contributed by atoms with Crippen LogP contribution < -0.4 is 5.32 Å². The first kappa shape index (κ1) is 20.7. The van der Waals surface area contributed by atoms with E-state index >= 15 is 0 Å². The zero-order chi connectivity index (χ0) is 19.6. The Balaban J connectivity index is 2.23. The van der Waals surface area contributed by atoms with Crippen molar-refractivity contribution >= 4 is 15.8 Å². The van der Waals surface area contributed by atoms with Crippen molar-refractivity contribution < 1.29 is 12.8 Å². The van der Waals surface area contributed by atoms with Crippen LogP contribution in [0.2, 0.25) is 0 Å². The molecular weight excluding hydrogens is 353 g/mol. The number of aliphatic imine (C=N–C) groups is 1. The molecule has 0 aliphatic carbocycles. The highest BCUT2D eigenvalue weighted by Gasteiger charge is 2.41. The predicted molar refractivity (Wildman–Crippen MR) is 105 cm³/mol. The van der Waals surface area contributed by atoms with Gasteiger partial charge >= 0.3 is 0 Å². The van der Waals surface area contributed by atoms with Gasteiger partial charge in [-0.1, -0.05) is 32.0 Å². The van der Waals surface area contributed by atoms with Gasteiger partial charge in [0.05, 0.1) is 17.0 Å². The molecule has 7 heteroatoms. The highest BCUT2D eigenvalue weighted by atomic mass is 32.2. The Labute approximate surface area is 156 Å². The molecule has 1 heterocycles. The molecule has 0 spiro atoms. The van der Waals surface area contributed by atoms with Gasteiger partial charge in [-0.25, -0.2) is 12.8 Å². The number of benzene rings is 1. The van der Waals surface area contributed by atoms with Gasteiger partial charge in [0.1, 0.15) is 5.82 Å². The maximum absolute atomic E-state index is 14.2. The SMILES string of the molecule is CCNC(=NCC(C)(C)c1ccccc1F)N1CCS(=O)(=O)C(C)(C)C1. The Morgan fingerprint density at radius 2 is 2.00 bits per heavy atom. The van der Waals surface area contributed by atoms with E-state index in [9.17, 15) is 12.8 Å². The molecule has 1 saturated heterocycles. The first-order valence-corrected chi connectivity index (χ1v) is 10.7. The number of rotatable bonds is 4. The normalized spacial score (nSPS) is 20.1. The first-order chi connectivity index (χ1) is 12.0. The second kappa shape index (κ2) is 7.55.